The van der Waals surface area contributed by atoms with Gasteiger partial charge >= 0.3 is 0 Å². The first-order valence-corrected chi connectivity index (χ1v) is 4.82. The lowest BCUT2D eigenvalue weighted by atomic mass is 10.4. The Morgan fingerprint density at radius 2 is 2.14 bits per heavy atom. The summed E-state index contributed by atoms with van der Waals surface area (Å²) < 4.78 is 7.45. The van der Waals surface area contributed by atoms with Crippen LogP contribution >= 0.6 is 0 Å². The minimum atomic E-state index is 0.653. The van der Waals surface area contributed by atoms with Crippen molar-refractivity contribution in [2.45, 2.75) is 20.3 Å². The van der Waals surface area contributed by atoms with Gasteiger partial charge in [-0.2, -0.15) is 0 Å². The molecule has 0 aliphatic rings. The lowest BCUT2D eigenvalue weighted by Gasteiger charge is -2.06. The SMILES string of the molecule is CCOc1cccc2nnc(CC)n12. The minimum Gasteiger partial charge on any atom is -0.479 e. The van der Waals surface area contributed by atoms with Crippen LogP contribution in [-0.4, -0.2) is 21.2 Å². The average molecular weight is 191 g/mol. The first-order valence-electron chi connectivity index (χ1n) is 4.82. The van der Waals surface area contributed by atoms with Crippen molar-refractivity contribution in [2.24, 2.45) is 0 Å². The number of nitrogens with zero attached hydrogens (tertiary/aromatic N) is 3. The molecule has 4 heteroatoms. The number of aromatic nitrogens is 3. The zero-order valence-electron chi connectivity index (χ0n) is 8.40. The second-order valence-electron chi connectivity index (χ2n) is 2.96. The van der Waals surface area contributed by atoms with Gasteiger partial charge in [0.1, 0.15) is 5.82 Å². The molecule has 74 valence electrons. The molecule has 2 aromatic heterocycles. The Bertz CT molecular complexity index is 436. The molecule has 0 amide bonds. The van der Waals surface area contributed by atoms with Crippen LogP contribution < -0.4 is 4.74 Å². The fourth-order valence-electron chi connectivity index (χ4n) is 1.46. The number of pyridine rings is 1. The van der Waals surface area contributed by atoms with Gasteiger partial charge in [-0.1, -0.05) is 13.0 Å². The predicted molar refractivity (Wildman–Crippen MR) is 53.5 cm³/mol. The third-order valence-electron chi connectivity index (χ3n) is 2.07. The number of fused-ring (bicyclic) bond motifs is 1. The van der Waals surface area contributed by atoms with Crippen LogP contribution in [-0.2, 0) is 6.42 Å². The molecule has 0 saturated heterocycles. The molecular formula is C10H13N3O. The summed E-state index contributed by atoms with van der Waals surface area (Å²) in [6, 6.07) is 5.78. The molecule has 0 fully saturated rings. The largest absolute Gasteiger partial charge is 0.479 e. The molecule has 0 bridgehead atoms. The Kier molecular flexibility index (Phi) is 2.35. The van der Waals surface area contributed by atoms with E-state index < -0.39 is 0 Å². The molecule has 0 unspecified atom stereocenters. The monoisotopic (exact) mass is 191 g/mol. The van der Waals surface area contributed by atoms with Gasteiger partial charge in [0.2, 0.25) is 5.88 Å². The van der Waals surface area contributed by atoms with Gasteiger partial charge in [-0.25, -0.2) is 4.40 Å². The average Bonchev–Trinajstić information content (AvgIpc) is 2.62. The van der Waals surface area contributed by atoms with Crippen molar-refractivity contribution in [3.63, 3.8) is 0 Å². The molecule has 2 rings (SSSR count). The van der Waals surface area contributed by atoms with Gasteiger partial charge in [-0.15, -0.1) is 10.2 Å². The Morgan fingerprint density at radius 3 is 2.86 bits per heavy atom. The Hall–Kier alpha value is -1.58. The Labute approximate surface area is 82.5 Å². The van der Waals surface area contributed by atoms with Crippen LogP contribution in [0.25, 0.3) is 5.65 Å². The first-order chi connectivity index (χ1) is 6.86. The summed E-state index contributed by atoms with van der Waals surface area (Å²) >= 11 is 0. The summed E-state index contributed by atoms with van der Waals surface area (Å²) in [5.41, 5.74) is 0.841. The number of hydrogen-bond donors (Lipinski definition) is 0. The molecule has 2 aromatic rings. The summed E-state index contributed by atoms with van der Waals surface area (Å²) in [6.07, 6.45) is 0.852. The van der Waals surface area contributed by atoms with E-state index in [4.69, 9.17) is 4.74 Å². The van der Waals surface area contributed by atoms with Crippen LogP contribution in [0.4, 0.5) is 0 Å². The summed E-state index contributed by atoms with van der Waals surface area (Å²) in [7, 11) is 0. The van der Waals surface area contributed by atoms with Gasteiger partial charge < -0.3 is 4.74 Å². The maximum Gasteiger partial charge on any atom is 0.200 e. The highest BCUT2D eigenvalue weighted by molar-refractivity contribution is 5.41. The Balaban J connectivity index is 2.62. The smallest absolute Gasteiger partial charge is 0.200 e. The second kappa shape index (κ2) is 3.65. The molecule has 0 aromatic carbocycles. The van der Waals surface area contributed by atoms with Crippen LogP contribution in [0.5, 0.6) is 5.88 Å². The van der Waals surface area contributed by atoms with Crippen LogP contribution in [0.3, 0.4) is 0 Å². The van der Waals surface area contributed by atoms with Crippen molar-refractivity contribution in [2.75, 3.05) is 6.61 Å². The van der Waals surface area contributed by atoms with Crippen molar-refractivity contribution in [1.82, 2.24) is 14.6 Å². The molecule has 0 radical (unpaired) electrons. The maximum atomic E-state index is 5.50. The number of ether oxygens (including phenoxy) is 1. The summed E-state index contributed by atoms with van der Waals surface area (Å²) in [5.74, 6) is 1.75. The predicted octanol–water partition coefficient (Wildman–Crippen LogP) is 1.69. The van der Waals surface area contributed by atoms with E-state index in [1.165, 1.54) is 0 Å². The standard InChI is InChI=1S/C10H13N3O/c1-3-8-11-12-9-6-5-7-10(13(8)9)14-4-2/h5-7H,3-4H2,1-2H3. The second-order valence-corrected chi connectivity index (χ2v) is 2.96. The van der Waals surface area contributed by atoms with Crippen LogP contribution in [0.1, 0.15) is 19.7 Å². The highest BCUT2D eigenvalue weighted by Crippen LogP contribution is 2.15. The first kappa shape index (κ1) is 8.99. The van der Waals surface area contributed by atoms with E-state index in [2.05, 4.69) is 17.1 Å². The highest BCUT2D eigenvalue weighted by atomic mass is 16.5. The molecule has 0 N–H and O–H groups in total. The normalized spacial score (nSPS) is 10.7. The van der Waals surface area contributed by atoms with Gasteiger partial charge in [0.05, 0.1) is 6.61 Å². The fraction of sp³-hybridized carbons (Fsp3) is 0.400. The molecule has 0 aliphatic carbocycles. The number of aryl methyl sites for hydroxylation is 1. The van der Waals surface area contributed by atoms with Gasteiger partial charge in [-0.05, 0) is 19.1 Å². The lowest BCUT2D eigenvalue weighted by molar-refractivity contribution is 0.321. The molecule has 0 aliphatic heterocycles. The van der Waals surface area contributed by atoms with E-state index in [1.54, 1.807) is 0 Å². The van der Waals surface area contributed by atoms with Crippen molar-refractivity contribution in [3.05, 3.63) is 24.0 Å². The molecule has 4 nitrogen and oxygen atoms in total. The lowest BCUT2D eigenvalue weighted by Crippen LogP contribution is -2.01. The van der Waals surface area contributed by atoms with Crippen molar-refractivity contribution in [3.8, 4) is 5.88 Å². The van der Waals surface area contributed by atoms with E-state index in [0.717, 1.165) is 23.8 Å². The van der Waals surface area contributed by atoms with E-state index in [-0.39, 0.29) is 0 Å². The van der Waals surface area contributed by atoms with Gasteiger partial charge in [0.25, 0.3) is 0 Å². The van der Waals surface area contributed by atoms with E-state index in [1.807, 2.05) is 29.5 Å². The molecule has 14 heavy (non-hydrogen) atoms. The minimum absolute atomic E-state index is 0.653. The summed E-state index contributed by atoms with van der Waals surface area (Å²) in [5, 5.41) is 8.16. The Morgan fingerprint density at radius 1 is 1.29 bits per heavy atom. The van der Waals surface area contributed by atoms with E-state index >= 15 is 0 Å². The zero-order valence-corrected chi connectivity index (χ0v) is 8.40. The number of rotatable bonds is 3. The van der Waals surface area contributed by atoms with Gasteiger partial charge in [-0.3, -0.25) is 0 Å². The van der Waals surface area contributed by atoms with Gasteiger partial charge in [0.15, 0.2) is 5.65 Å². The molecule has 2 heterocycles. The molecule has 0 spiro atoms. The molecule has 0 atom stereocenters. The summed E-state index contributed by atoms with van der Waals surface area (Å²) in [6.45, 7) is 4.68. The third kappa shape index (κ3) is 1.32. The van der Waals surface area contributed by atoms with Crippen molar-refractivity contribution >= 4 is 5.65 Å². The van der Waals surface area contributed by atoms with Crippen LogP contribution in [0.15, 0.2) is 18.2 Å². The highest BCUT2D eigenvalue weighted by Gasteiger charge is 2.07. The fourth-order valence-corrected chi connectivity index (χ4v) is 1.46. The van der Waals surface area contributed by atoms with Crippen LogP contribution in [0, 0.1) is 0 Å². The number of hydrogen-bond acceptors (Lipinski definition) is 3. The van der Waals surface area contributed by atoms with Gasteiger partial charge in [0, 0.05) is 6.42 Å². The zero-order chi connectivity index (χ0) is 9.97. The summed E-state index contributed by atoms with van der Waals surface area (Å²) in [4.78, 5) is 0. The van der Waals surface area contributed by atoms with Crippen molar-refractivity contribution in [1.29, 1.82) is 0 Å². The quantitative estimate of drug-likeness (QED) is 0.741. The molecular weight excluding hydrogens is 178 g/mol. The van der Waals surface area contributed by atoms with E-state index in [9.17, 15) is 0 Å². The maximum absolute atomic E-state index is 5.50. The topological polar surface area (TPSA) is 39.4 Å². The molecule has 0 saturated carbocycles. The van der Waals surface area contributed by atoms with Crippen LogP contribution in [0.2, 0.25) is 0 Å². The van der Waals surface area contributed by atoms with Crippen molar-refractivity contribution < 1.29 is 4.74 Å². The van der Waals surface area contributed by atoms with E-state index in [0.29, 0.717) is 6.61 Å². The third-order valence-corrected chi connectivity index (χ3v) is 2.07.